The molecule has 1 fully saturated rings. The molecule has 1 aromatic rings. The van der Waals surface area contributed by atoms with Gasteiger partial charge in [0.1, 0.15) is 11.6 Å². The average molecular weight is 318 g/mol. The van der Waals surface area contributed by atoms with Crippen molar-refractivity contribution in [1.82, 2.24) is 5.32 Å². The van der Waals surface area contributed by atoms with Crippen LogP contribution in [0.4, 0.5) is 8.78 Å². The number of halogens is 3. The van der Waals surface area contributed by atoms with Gasteiger partial charge in [-0.1, -0.05) is 11.6 Å². The highest BCUT2D eigenvalue weighted by Crippen LogP contribution is 2.48. The van der Waals surface area contributed by atoms with Crippen LogP contribution in [0, 0.1) is 17.6 Å². The van der Waals surface area contributed by atoms with Crippen LogP contribution in [0.3, 0.4) is 0 Å². The zero-order chi connectivity index (χ0) is 16.0. The van der Waals surface area contributed by atoms with Crippen molar-refractivity contribution in [2.24, 2.45) is 5.92 Å². The van der Waals surface area contributed by atoms with Crippen molar-refractivity contribution in [2.45, 2.75) is 51.4 Å². The molecule has 0 spiro atoms. The summed E-state index contributed by atoms with van der Waals surface area (Å²) in [6.07, 6.45) is 0.759. The Balaban J connectivity index is 2.43. The summed E-state index contributed by atoms with van der Waals surface area (Å²) in [7, 11) is 1.75. The van der Waals surface area contributed by atoms with Crippen LogP contribution < -0.4 is 5.32 Å². The lowest BCUT2D eigenvalue weighted by molar-refractivity contribution is -0.0777. The van der Waals surface area contributed by atoms with E-state index in [2.05, 4.69) is 5.32 Å². The van der Waals surface area contributed by atoms with Crippen LogP contribution in [-0.2, 0) is 4.74 Å². The molecule has 2 rings (SSSR count). The predicted octanol–water partition coefficient (Wildman–Crippen LogP) is 4.47. The maximum atomic E-state index is 14.2. The molecule has 1 aliphatic rings. The summed E-state index contributed by atoms with van der Waals surface area (Å²) in [5, 5.41) is 2.91. The van der Waals surface area contributed by atoms with E-state index in [9.17, 15) is 8.78 Å². The Hall–Kier alpha value is -0.710. The van der Waals surface area contributed by atoms with E-state index in [1.54, 1.807) is 7.05 Å². The van der Waals surface area contributed by atoms with Gasteiger partial charge in [-0.2, -0.15) is 0 Å². The van der Waals surface area contributed by atoms with E-state index in [-0.39, 0.29) is 22.6 Å². The SMILES string of the molecule is CNC(c1cc(F)c(Cl)cc1F)C1CC(C)(C)OC1(C)C. The molecule has 2 nitrogen and oxygen atoms in total. The quantitative estimate of drug-likeness (QED) is 0.830. The third kappa shape index (κ3) is 3.22. The van der Waals surface area contributed by atoms with Gasteiger partial charge in [-0.25, -0.2) is 8.78 Å². The fraction of sp³-hybridized carbons (Fsp3) is 0.625. The van der Waals surface area contributed by atoms with Crippen molar-refractivity contribution in [3.63, 3.8) is 0 Å². The molecule has 0 aliphatic carbocycles. The normalized spacial score (nSPS) is 25.0. The van der Waals surface area contributed by atoms with E-state index in [1.165, 1.54) is 6.07 Å². The number of hydrogen-bond donors (Lipinski definition) is 1. The molecule has 1 aliphatic heterocycles. The number of nitrogens with one attached hydrogen (secondary N) is 1. The largest absolute Gasteiger partial charge is 0.369 e. The molecule has 0 radical (unpaired) electrons. The van der Waals surface area contributed by atoms with Crippen LogP contribution in [0.1, 0.15) is 45.7 Å². The summed E-state index contributed by atoms with van der Waals surface area (Å²) >= 11 is 5.63. The molecule has 1 saturated heterocycles. The third-order valence-corrected chi connectivity index (χ3v) is 4.52. The molecule has 1 N–H and O–H groups in total. The molecule has 0 bridgehead atoms. The van der Waals surface area contributed by atoms with Crippen LogP contribution in [0.2, 0.25) is 5.02 Å². The van der Waals surface area contributed by atoms with Crippen LogP contribution in [0.25, 0.3) is 0 Å². The Morgan fingerprint density at radius 2 is 1.86 bits per heavy atom. The lowest BCUT2D eigenvalue weighted by Crippen LogP contribution is -2.37. The first-order valence-electron chi connectivity index (χ1n) is 7.09. The second-order valence-corrected chi connectivity index (χ2v) is 7.24. The number of benzene rings is 1. The van der Waals surface area contributed by atoms with Crippen molar-refractivity contribution in [3.8, 4) is 0 Å². The second kappa shape index (κ2) is 5.49. The maximum absolute atomic E-state index is 14.2. The van der Waals surface area contributed by atoms with Crippen molar-refractivity contribution in [3.05, 3.63) is 34.4 Å². The Morgan fingerprint density at radius 3 is 2.33 bits per heavy atom. The van der Waals surface area contributed by atoms with Gasteiger partial charge in [0, 0.05) is 17.5 Å². The second-order valence-electron chi connectivity index (χ2n) is 6.83. The Bertz CT molecular complexity index is 545. The molecule has 21 heavy (non-hydrogen) atoms. The third-order valence-electron chi connectivity index (χ3n) is 4.23. The number of ether oxygens (including phenoxy) is 1. The summed E-state index contributed by atoms with van der Waals surface area (Å²) in [4.78, 5) is 0. The zero-order valence-electron chi connectivity index (χ0n) is 13.1. The average Bonchev–Trinajstić information content (AvgIpc) is 2.55. The minimum atomic E-state index is -0.607. The minimum absolute atomic E-state index is 0.0209. The molecule has 0 saturated carbocycles. The van der Waals surface area contributed by atoms with E-state index in [1.807, 2.05) is 27.7 Å². The Morgan fingerprint density at radius 1 is 1.24 bits per heavy atom. The molecule has 1 aromatic carbocycles. The van der Waals surface area contributed by atoms with Crippen LogP contribution >= 0.6 is 11.6 Å². The topological polar surface area (TPSA) is 21.3 Å². The highest BCUT2D eigenvalue weighted by atomic mass is 35.5. The Labute approximate surface area is 129 Å². The molecule has 2 unspecified atom stereocenters. The first kappa shape index (κ1) is 16.7. The van der Waals surface area contributed by atoms with Crippen molar-refractivity contribution < 1.29 is 13.5 Å². The van der Waals surface area contributed by atoms with Gasteiger partial charge in [0.2, 0.25) is 0 Å². The van der Waals surface area contributed by atoms with E-state index >= 15 is 0 Å². The summed E-state index contributed by atoms with van der Waals surface area (Å²) in [6.45, 7) is 8.00. The molecular weight excluding hydrogens is 296 g/mol. The van der Waals surface area contributed by atoms with Gasteiger partial charge in [-0.05, 0) is 53.3 Å². The van der Waals surface area contributed by atoms with E-state index < -0.39 is 17.2 Å². The van der Waals surface area contributed by atoms with Crippen LogP contribution in [0.5, 0.6) is 0 Å². The fourth-order valence-corrected chi connectivity index (χ4v) is 3.62. The maximum Gasteiger partial charge on any atom is 0.142 e. The van der Waals surface area contributed by atoms with Gasteiger partial charge in [0.15, 0.2) is 0 Å². The van der Waals surface area contributed by atoms with Gasteiger partial charge in [0.25, 0.3) is 0 Å². The van der Waals surface area contributed by atoms with Gasteiger partial charge < -0.3 is 10.1 Å². The highest BCUT2D eigenvalue weighted by molar-refractivity contribution is 6.30. The van der Waals surface area contributed by atoms with Crippen molar-refractivity contribution >= 4 is 11.6 Å². The Kier molecular flexibility index (Phi) is 4.35. The first-order valence-corrected chi connectivity index (χ1v) is 7.47. The molecule has 0 aromatic heterocycles. The minimum Gasteiger partial charge on any atom is -0.369 e. The summed E-state index contributed by atoms with van der Waals surface area (Å²) in [6, 6.07) is 1.87. The lowest BCUT2D eigenvalue weighted by atomic mass is 9.79. The van der Waals surface area contributed by atoms with Gasteiger partial charge >= 0.3 is 0 Å². The molecule has 1 heterocycles. The lowest BCUT2D eigenvalue weighted by Gasteiger charge is -2.33. The highest BCUT2D eigenvalue weighted by Gasteiger charge is 2.49. The summed E-state index contributed by atoms with van der Waals surface area (Å²) < 4.78 is 34.0. The first-order chi connectivity index (χ1) is 9.57. The fourth-order valence-electron chi connectivity index (χ4n) is 3.47. The van der Waals surface area contributed by atoms with E-state index in [0.717, 1.165) is 12.5 Å². The molecule has 2 atom stereocenters. The monoisotopic (exact) mass is 317 g/mol. The van der Waals surface area contributed by atoms with Gasteiger partial charge in [0.05, 0.1) is 16.2 Å². The van der Waals surface area contributed by atoms with E-state index in [4.69, 9.17) is 16.3 Å². The number of hydrogen-bond acceptors (Lipinski definition) is 2. The van der Waals surface area contributed by atoms with Gasteiger partial charge in [-0.15, -0.1) is 0 Å². The molecular formula is C16H22ClF2NO. The standard InChI is InChI=1S/C16H22ClF2NO/c1-15(2)8-10(16(3,4)21-15)14(20-5)9-6-13(19)11(17)7-12(9)18/h6-7,10,14,20H,8H2,1-5H3. The van der Waals surface area contributed by atoms with Gasteiger partial charge in [-0.3, -0.25) is 0 Å². The van der Waals surface area contributed by atoms with Crippen LogP contribution in [0.15, 0.2) is 12.1 Å². The van der Waals surface area contributed by atoms with Crippen molar-refractivity contribution in [1.29, 1.82) is 0 Å². The molecule has 0 amide bonds. The molecule has 5 heteroatoms. The summed E-state index contributed by atoms with van der Waals surface area (Å²) in [5.74, 6) is -1.09. The predicted molar refractivity (Wildman–Crippen MR) is 80.5 cm³/mol. The van der Waals surface area contributed by atoms with Crippen molar-refractivity contribution in [2.75, 3.05) is 7.05 Å². The number of rotatable bonds is 3. The zero-order valence-corrected chi connectivity index (χ0v) is 13.8. The van der Waals surface area contributed by atoms with Crippen LogP contribution in [-0.4, -0.2) is 18.2 Å². The molecule has 118 valence electrons. The smallest absolute Gasteiger partial charge is 0.142 e. The van der Waals surface area contributed by atoms with E-state index in [0.29, 0.717) is 5.56 Å². The summed E-state index contributed by atoms with van der Waals surface area (Å²) in [5.41, 5.74) is -0.427.